The van der Waals surface area contributed by atoms with Crippen LogP contribution in [0.25, 0.3) is 0 Å². The van der Waals surface area contributed by atoms with Gasteiger partial charge in [-0.25, -0.2) is 0 Å². The fraction of sp³-hybridized carbons (Fsp3) is 0.769. The van der Waals surface area contributed by atoms with Gasteiger partial charge in [-0.05, 0) is 54.7 Å². The van der Waals surface area contributed by atoms with Gasteiger partial charge in [-0.1, -0.05) is 71.9 Å². The van der Waals surface area contributed by atoms with Gasteiger partial charge in [0, 0.05) is 12.0 Å². The Kier molecular flexibility index (Phi) is 9.02. The summed E-state index contributed by atoms with van der Waals surface area (Å²) in [6.07, 6.45) is 1.59. The highest BCUT2D eigenvalue weighted by Gasteiger charge is 2.48. The van der Waals surface area contributed by atoms with Crippen molar-refractivity contribution in [2.45, 2.75) is 116 Å². The van der Waals surface area contributed by atoms with Gasteiger partial charge in [0.05, 0.1) is 25.4 Å². The Morgan fingerprint density at radius 1 is 0.812 bits per heavy atom. The Morgan fingerprint density at radius 2 is 1.31 bits per heavy atom. The number of rotatable bonds is 8. The van der Waals surface area contributed by atoms with E-state index in [0.717, 1.165) is 18.4 Å². The third-order valence-electron chi connectivity index (χ3n) is 7.98. The standard InChI is InChI=1S/C26H48O4Si2/c1-25(2,3)31(7,8)29-21-16-23(28-19-20-14-12-11-13-15-20)22(18-27)24(17-21)30-32(9,10)26(4,5)6/h11-15,21-24,27H,16-19H2,1-10H3/t21-,22-,23-,24+/m1/s1. The molecule has 1 aromatic rings. The fourth-order valence-corrected chi connectivity index (χ4v) is 6.55. The van der Waals surface area contributed by atoms with Crippen molar-refractivity contribution in [3.8, 4) is 0 Å². The first kappa shape index (κ1) is 27.7. The second-order valence-electron chi connectivity index (χ2n) is 12.6. The van der Waals surface area contributed by atoms with Crippen LogP contribution in [0.15, 0.2) is 30.3 Å². The molecule has 0 saturated heterocycles. The Hall–Kier alpha value is -0.506. The van der Waals surface area contributed by atoms with Crippen LogP contribution in [0.5, 0.6) is 0 Å². The molecule has 0 heterocycles. The van der Waals surface area contributed by atoms with Gasteiger partial charge < -0.3 is 18.7 Å². The second kappa shape index (κ2) is 10.4. The van der Waals surface area contributed by atoms with Crippen molar-refractivity contribution in [2.24, 2.45) is 5.92 Å². The number of hydrogen-bond donors (Lipinski definition) is 1. The van der Waals surface area contributed by atoms with Crippen molar-refractivity contribution in [1.82, 2.24) is 0 Å². The highest BCUT2D eigenvalue weighted by Crippen LogP contribution is 2.43. The van der Waals surface area contributed by atoms with Gasteiger partial charge in [0.15, 0.2) is 16.6 Å². The summed E-state index contributed by atoms with van der Waals surface area (Å²) >= 11 is 0. The minimum Gasteiger partial charge on any atom is -0.414 e. The fourth-order valence-electron chi connectivity index (χ4n) is 3.79. The molecule has 0 spiro atoms. The van der Waals surface area contributed by atoms with E-state index in [1.54, 1.807) is 0 Å². The first-order chi connectivity index (χ1) is 14.6. The van der Waals surface area contributed by atoms with E-state index in [2.05, 4.69) is 79.9 Å². The van der Waals surface area contributed by atoms with E-state index >= 15 is 0 Å². The average molecular weight is 481 g/mol. The predicted molar refractivity (Wildman–Crippen MR) is 139 cm³/mol. The number of hydrogen-bond acceptors (Lipinski definition) is 4. The first-order valence-electron chi connectivity index (χ1n) is 12.2. The Morgan fingerprint density at radius 3 is 1.81 bits per heavy atom. The lowest BCUT2D eigenvalue weighted by Gasteiger charge is -2.48. The number of aliphatic hydroxyl groups excluding tert-OH is 1. The van der Waals surface area contributed by atoms with Crippen molar-refractivity contribution < 1.29 is 18.7 Å². The van der Waals surface area contributed by atoms with Gasteiger partial charge in [-0.3, -0.25) is 0 Å². The molecule has 0 unspecified atom stereocenters. The number of aliphatic hydroxyl groups is 1. The molecule has 4 atom stereocenters. The Balaban J connectivity index is 2.27. The smallest absolute Gasteiger partial charge is 0.192 e. The van der Waals surface area contributed by atoms with Gasteiger partial charge in [0.2, 0.25) is 0 Å². The maximum Gasteiger partial charge on any atom is 0.192 e. The van der Waals surface area contributed by atoms with E-state index in [1.165, 1.54) is 0 Å². The van der Waals surface area contributed by atoms with Crippen molar-refractivity contribution in [2.75, 3.05) is 6.61 Å². The van der Waals surface area contributed by atoms with Crippen LogP contribution >= 0.6 is 0 Å². The molecular formula is C26H48O4Si2. The van der Waals surface area contributed by atoms with E-state index in [-0.39, 0.29) is 40.9 Å². The van der Waals surface area contributed by atoms with Gasteiger partial charge in [-0.2, -0.15) is 0 Å². The molecule has 184 valence electrons. The lowest BCUT2D eigenvalue weighted by molar-refractivity contribution is -0.112. The predicted octanol–water partition coefficient (Wildman–Crippen LogP) is 6.75. The molecule has 1 aliphatic rings. The summed E-state index contributed by atoms with van der Waals surface area (Å²) in [4.78, 5) is 0. The van der Waals surface area contributed by atoms with E-state index in [9.17, 15) is 5.11 Å². The van der Waals surface area contributed by atoms with Crippen LogP contribution in [0.2, 0.25) is 36.3 Å². The van der Waals surface area contributed by atoms with Gasteiger partial charge in [0.1, 0.15) is 0 Å². The zero-order chi connectivity index (χ0) is 24.4. The Bertz CT molecular complexity index is 707. The maximum atomic E-state index is 10.4. The molecule has 1 saturated carbocycles. The van der Waals surface area contributed by atoms with Crippen LogP contribution in [-0.2, 0) is 20.2 Å². The molecule has 1 aliphatic carbocycles. The van der Waals surface area contributed by atoms with Crippen LogP contribution in [0.1, 0.15) is 59.9 Å². The normalized spacial score (nSPS) is 25.7. The molecule has 1 aromatic carbocycles. The minimum absolute atomic E-state index is 0.0351. The number of ether oxygens (including phenoxy) is 1. The zero-order valence-electron chi connectivity index (χ0n) is 22.2. The van der Waals surface area contributed by atoms with E-state index < -0.39 is 16.6 Å². The van der Waals surface area contributed by atoms with E-state index in [4.69, 9.17) is 13.6 Å². The van der Waals surface area contributed by atoms with E-state index in [0.29, 0.717) is 6.61 Å². The van der Waals surface area contributed by atoms with Crippen LogP contribution in [0, 0.1) is 5.92 Å². The molecule has 6 heteroatoms. The minimum atomic E-state index is -2.00. The van der Waals surface area contributed by atoms with Crippen LogP contribution in [0.3, 0.4) is 0 Å². The van der Waals surface area contributed by atoms with Crippen molar-refractivity contribution in [1.29, 1.82) is 0 Å². The topological polar surface area (TPSA) is 47.9 Å². The van der Waals surface area contributed by atoms with Crippen LogP contribution < -0.4 is 0 Å². The molecule has 0 aromatic heterocycles. The highest BCUT2D eigenvalue weighted by atomic mass is 28.4. The molecule has 4 nitrogen and oxygen atoms in total. The molecule has 32 heavy (non-hydrogen) atoms. The van der Waals surface area contributed by atoms with Crippen LogP contribution in [0.4, 0.5) is 0 Å². The van der Waals surface area contributed by atoms with Crippen molar-refractivity contribution in [3.05, 3.63) is 35.9 Å². The second-order valence-corrected chi connectivity index (χ2v) is 22.1. The lowest BCUT2D eigenvalue weighted by Crippen LogP contribution is -2.55. The summed E-state index contributed by atoms with van der Waals surface area (Å²) in [5, 5.41) is 10.7. The van der Waals surface area contributed by atoms with Gasteiger partial charge in [0.25, 0.3) is 0 Å². The third kappa shape index (κ3) is 7.00. The molecular weight excluding hydrogens is 432 g/mol. The summed E-state index contributed by atoms with van der Waals surface area (Å²) < 4.78 is 20.2. The van der Waals surface area contributed by atoms with E-state index in [1.807, 2.05) is 18.2 Å². The monoisotopic (exact) mass is 480 g/mol. The average Bonchev–Trinajstić information content (AvgIpc) is 2.64. The largest absolute Gasteiger partial charge is 0.414 e. The first-order valence-corrected chi connectivity index (χ1v) is 18.0. The van der Waals surface area contributed by atoms with Gasteiger partial charge in [-0.15, -0.1) is 0 Å². The quantitative estimate of drug-likeness (QED) is 0.418. The molecule has 0 amide bonds. The van der Waals surface area contributed by atoms with Crippen molar-refractivity contribution >= 4 is 16.6 Å². The van der Waals surface area contributed by atoms with Gasteiger partial charge >= 0.3 is 0 Å². The molecule has 1 N–H and O–H groups in total. The Labute approximate surface area is 199 Å². The molecule has 2 rings (SSSR count). The highest BCUT2D eigenvalue weighted by molar-refractivity contribution is 6.74. The third-order valence-corrected chi connectivity index (χ3v) is 17.0. The zero-order valence-corrected chi connectivity index (χ0v) is 24.2. The maximum absolute atomic E-state index is 10.4. The number of benzene rings is 1. The van der Waals surface area contributed by atoms with Crippen molar-refractivity contribution in [3.63, 3.8) is 0 Å². The SMILES string of the molecule is CC(C)(C)[Si](C)(C)O[C@H]1C[C@H](O[Si](C)(C)C(C)(C)C)[C@H](CO)[C@H](OCc2ccccc2)C1. The summed E-state index contributed by atoms with van der Waals surface area (Å²) in [6.45, 7) is 23.5. The van der Waals surface area contributed by atoms with Crippen LogP contribution in [-0.4, -0.2) is 46.7 Å². The lowest BCUT2D eigenvalue weighted by atomic mass is 9.82. The summed E-state index contributed by atoms with van der Waals surface area (Å²) in [5.74, 6) is -0.0351. The molecule has 0 bridgehead atoms. The summed E-state index contributed by atoms with van der Waals surface area (Å²) in [7, 11) is -3.93. The molecule has 0 radical (unpaired) electrons. The summed E-state index contributed by atoms with van der Waals surface area (Å²) in [6, 6.07) is 10.3. The molecule has 0 aliphatic heterocycles. The summed E-state index contributed by atoms with van der Waals surface area (Å²) in [5.41, 5.74) is 1.15. The molecule has 1 fully saturated rings.